The van der Waals surface area contributed by atoms with Gasteiger partial charge in [-0.2, -0.15) is 0 Å². The molecule has 1 saturated heterocycles. The highest BCUT2D eigenvalue weighted by Crippen LogP contribution is 2.38. The zero-order valence-corrected chi connectivity index (χ0v) is 18.6. The number of nitrogens with two attached hydrogens (primary N) is 1. The van der Waals surface area contributed by atoms with Gasteiger partial charge in [0.1, 0.15) is 0 Å². The maximum atomic E-state index is 12.9. The van der Waals surface area contributed by atoms with Gasteiger partial charge < -0.3 is 25.3 Å². The molecule has 1 fully saturated rings. The monoisotopic (exact) mass is 441 g/mol. The van der Waals surface area contributed by atoms with E-state index in [0.29, 0.717) is 23.6 Å². The molecule has 2 aromatic rings. The predicted octanol–water partition coefficient (Wildman–Crippen LogP) is 2.35. The van der Waals surface area contributed by atoms with Gasteiger partial charge in [-0.1, -0.05) is 36.8 Å². The van der Waals surface area contributed by atoms with E-state index in [1.54, 1.807) is 12.1 Å². The highest BCUT2D eigenvalue weighted by atomic mass is 16.5. The first kappa shape index (κ1) is 23.4. The molecule has 0 saturated carbocycles. The molecule has 1 aliphatic heterocycles. The molecule has 0 spiro atoms. The highest BCUT2D eigenvalue weighted by Gasteiger charge is 2.24. The van der Waals surface area contributed by atoms with Crippen LogP contribution in [0.25, 0.3) is 0 Å². The highest BCUT2D eigenvalue weighted by molar-refractivity contribution is 5.95. The van der Waals surface area contributed by atoms with Crippen LogP contribution in [0.2, 0.25) is 0 Å². The number of piperidine rings is 1. The summed E-state index contributed by atoms with van der Waals surface area (Å²) in [7, 11) is 2.91. The van der Waals surface area contributed by atoms with Crippen molar-refractivity contribution in [1.29, 1.82) is 0 Å². The average molecular weight is 442 g/mol. The van der Waals surface area contributed by atoms with Crippen LogP contribution < -0.4 is 25.3 Å². The van der Waals surface area contributed by atoms with E-state index in [9.17, 15) is 9.59 Å². The van der Waals surface area contributed by atoms with Crippen LogP contribution in [0.15, 0.2) is 42.5 Å². The van der Waals surface area contributed by atoms with Gasteiger partial charge in [0, 0.05) is 24.7 Å². The average Bonchev–Trinajstić information content (AvgIpc) is 2.82. The lowest BCUT2D eigenvalue weighted by Crippen LogP contribution is -2.46. The molecular formula is C24H31N3O5. The minimum Gasteiger partial charge on any atom is -0.493 e. The van der Waals surface area contributed by atoms with Gasteiger partial charge >= 0.3 is 0 Å². The summed E-state index contributed by atoms with van der Waals surface area (Å²) in [6.07, 6.45) is 3.36. The maximum Gasteiger partial charge on any atom is 0.255 e. The number of hydrogen-bond acceptors (Lipinski definition) is 6. The molecule has 0 bridgehead atoms. The maximum absolute atomic E-state index is 12.9. The number of hydrogen-bond donors (Lipinski definition) is 2. The third-order valence-electron chi connectivity index (χ3n) is 5.56. The van der Waals surface area contributed by atoms with Gasteiger partial charge in [0.15, 0.2) is 18.1 Å². The molecule has 3 rings (SSSR count). The van der Waals surface area contributed by atoms with Crippen LogP contribution in [0.5, 0.6) is 17.2 Å². The second kappa shape index (κ2) is 11.4. The van der Waals surface area contributed by atoms with Crippen LogP contribution >= 0.6 is 0 Å². The summed E-state index contributed by atoms with van der Waals surface area (Å²) < 4.78 is 16.1. The number of ether oxygens (including phenoxy) is 3. The van der Waals surface area contributed by atoms with Crippen molar-refractivity contribution in [2.24, 2.45) is 5.73 Å². The van der Waals surface area contributed by atoms with Gasteiger partial charge in [0.25, 0.3) is 11.8 Å². The summed E-state index contributed by atoms with van der Waals surface area (Å²) in [6.45, 7) is 2.12. The van der Waals surface area contributed by atoms with E-state index in [1.807, 2.05) is 18.2 Å². The standard InChI is InChI=1S/C24H31N3O5/c1-30-20-12-18(13-21(31-2)23(20)32-16-22(25)28)24(29)26-14-19-10-6-7-11-27(19)15-17-8-4-3-5-9-17/h3-5,8-9,12-13,19H,6-7,10-11,14-16H2,1-2H3,(H2,25,28)(H,26,29). The molecule has 1 aliphatic rings. The Labute approximate surface area is 188 Å². The van der Waals surface area contributed by atoms with Crippen LogP contribution in [-0.4, -0.2) is 56.7 Å². The minimum atomic E-state index is -0.622. The summed E-state index contributed by atoms with van der Waals surface area (Å²) in [6, 6.07) is 13.8. The Kier molecular flexibility index (Phi) is 8.33. The van der Waals surface area contributed by atoms with E-state index >= 15 is 0 Å². The number of rotatable bonds is 10. The van der Waals surface area contributed by atoms with Gasteiger partial charge in [0.2, 0.25) is 5.75 Å². The van der Waals surface area contributed by atoms with E-state index in [-0.39, 0.29) is 24.3 Å². The first-order valence-corrected chi connectivity index (χ1v) is 10.7. The molecule has 32 heavy (non-hydrogen) atoms. The molecule has 0 aromatic heterocycles. The zero-order valence-electron chi connectivity index (χ0n) is 18.6. The van der Waals surface area contributed by atoms with Crippen molar-refractivity contribution in [3.8, 4) is 17.2 Å². The Bertz CT molecular complexity index is 894. The molecule has 0 aliphatic carbocycles. The number of methoxy groups -OCH3 is 2. The molecule has 3 N–H and O–H groups in total. The zero-order chi connectivity index (χ0) is 22.9. The van der Waals surface area contributed by atoms with Gasteiger partial charge in [-0.15, -0.1) is 0 Å². The van der Waals surface area contributed by atoms with Crippen molar-refractivity contribution >= 4 is 11.8 Å². The van der Waals surface area contributed by atoms with Gasteiger partial charge in [-0.25, -0.2) is 0 Å². The fourth-order valence-electron chi connectivity index (χ4n) is 3.93. The first-order chi connectivity index (χ1) is 15.5. The summed E-state index contributed by atoms with van der Waals surface area (Å²) >= 11 is 0. The molecule has 2 aromatic carbocycles. The van der Waals surface area contributed by atoms with Crippen LogP contribution in [0, 0.1) is 0 Å². The molecule has 8 nitrogen and oxygen atoms in total. The fraction of sp³-hybridized carbons (Fsp3) is 0.417. The lowest BCUT2D eigenvalue weighted by Gasteiger charge is -2.36. The topological polar surface area (TPSA) is 103 Å². The van der Waals surface area contributed by atoms with Crippen molar-refractivity contribution in [2.75, 3.05) is 33.9 Å². The normalized spacial score (nSPS) is 16.2. The number of carbonyl (C=O) groups is 2. The van der Waals surface area contributed by atoms with E-state index in [0.717, 1.165) is 25.9 Å². The molecule has 0 radical (unpaired) electrons. The second-order valence-corrected chi connectivity index (χ2v) is 7.78. The van der Waals surface area contributed by atoms with Crippen LogP contribution in [-0.2, 0) is 11.3 Å². The van der Waals surface area contributed by atoms with Crippen LogP contribution in [0.3, 0.4) is 0 Å². The Morgan fingerprint density at radius 2 is 1.78 bits per heavy atom. The first-order valence-electron chi connectivity index (χ1n) is 10.7. The molecule has 2 amide bonds. The number of nitrogens with zero attached hydrogens (tertiary/aromatic N) is 1. The number of likely N-dealkylation sites (tertiary alicyclic amines) is 1. The van der Waals surface area contributed by atoms with Crippen molar-refractivity contribution < 1.29 is 23.8 Å². The third-order valence-corrected chi connectivity index (χ3v) is 5.56. The second-order valence-electron chi connectivity index (χ2n) is 7.78. The SMILES string of the molecule is COc1cc(C(=O)NCC2CCCCN2Cc2ccccc2)cc(OC)c1OCC(N)=O. The molecule has 8 heteroatoms. The quantitative estimate of drug-likeness (QED) is 0.587. The van der Waals surface area contributed by atoms with Gasteiger partial charge in [0.05, 0.1) is 14.2 Å². The smallest absolute Gasteiger partial charge is 0.255 e. The number of benzene rings is 2. The van der Waals surface area contributed by atoms with E-state index in [4.69, 9.17) is 19.9 Å². The molecule has 172 valence electrons. The molecule has 1 unspecified atom stereocenters. The number of amides is 2. The number of primary amides is 1. The van der Waals surface area contributed by atoms with Crippen molar-refractivity contribution in [3.05, 3.63) is 53.6 Å². The number of nitrogens with one attached hydrogen (secondary N) is 1. The Hall–Kier alpha value is -3.26. The lowest BCUT2D eigenvalue weighted by atomic mass is 10.0. The summed E-state index contributed by atoms with van der Waals surface area (Å²) in [5.74, 6) is -0.0401. The Morgan fingerprint density at radius 1 is 1.09 bits per heavy atom. The van der Waals surface area contributed by atoms with Gasteiger partial charge in [-0.3, -0.25) is 14.5 Å². The molecule has 1 heterocycles. The van der Waals surface area contributed by atoms with Gasteiger partial charge in [-0.05, 0) is 37.1 Å². The molecular weight excluding hydrogens is 410 g/mol. The molecule has 1 atom stereocenters. The summed E-state index contributed by atoms with van der Waals surface area (Å²) in [5.41, 5.74) is 6.81. The van der Waals surface area contributed by atoms with Crippen molar-refractivity contribution in [1.82, 2.24) is 10.2 Å². The summed E-state index contributed by atoms with van der Waals surface area (Å²) in [5, 5.41) is 3.05. The Morgan fingerprint density at radius 3 is 2.41 bits per heavy atom. The number of carbonyl (C=O) groups excluding carboxylic acids is 2. The minimum absolute atomic E-state index is 0.228. The van der Waals surface area contributed by atoms with Crippen LogP contribution in [0.4, 0.5) is 0 Å². The summed E-state index contributed by atoms with van der Waals surface area (Å²) in [4.78, 5) is 26.4. The van der Waals surface area contributed by atoms with E-state index in [1.165, 1.54) is 26.2 Å². The third kappa shape index (κ3) is 6.13. The van der Waals surface area contributed by atoms with E-state index < -0.39 is 5.91 Å². The fourth-order valence-corrected chi connectivity index (χ4v) is 3.93. The Balaban J connectivity index is 1.68. The van der Waals surface area contributed by atoms with Crippen molar-refractivity contribution in [2.45, 2.75) is 31.8 Å². The largest absolute Gasteiger partial charge is 0.493 e. The van der Waals surface area contributed by atoms with Crippen LogP contribution in [0.1, 0.15) is 35.2 Å². The lowest BCUT2D eigenvalue weighted by molar-refractivity contribution is -0.120. The van der Waals surface area contributed by atoms with Crippen molar-refractivity contribution in [3.63, 3.8) is 0 Å². The predicted molar refractivity (Wildman–Crippen MR) is 121 cm³/mol. The van der Waals surface area contributed by atoms with E-state index in [2.05, 4.69) is 22.3 Å².